The van der Waals surface area contributed by atoms with E-state index in [-0.39, 0.29) is 0 Å². The van der Waals surface area contributed by atoms with Crippen LogP contribution in [-0.4, -0.2) is 60.9 Å². The van der Waals surface area contributed by atoms with Gasteiger partial charge in [0.25, 0.3) is 0 Å². The predicted molar refractivity (Wildman–Crippen MR) is 135 cm³/mol. The van der Waals surface area contributed by atoms with Crippen molar-refractivity contribution >= 4 is 32.3 Å². The highest BCUT2D eigenvalue weighted by Gasteiger charge is 2.30. The summed E-state index contributed by atoms with van der Waals surface area (Å²) in [6, 6.07) is 15.0. The van der Waals surface area contributed by atoms with Gasteiger partial charge in [-0.3, -0.25) is 9.88 Å². The summed E-state index contributed by atoms with van der Waals surface area (Å²) in [7, 11) is -1.94. The number of methoxy groups -OCH3 is 1. The number of aromatic nitrogens is 2. The number of rotatable bonds is 6. The molecule has 0 saturated carbocycles. The van der Waals surface area contributed by atoms with Crippen LogP contribution in [0.15, 0.2) is 65.0 Å². The molecule has 34 heavy (non-hydrogen) atoms. The van der Waals surface area contributed by atoms with Crippen LogP contribution >= 0.6 is 11.3 Å². The lowest BCUT2D eigenvalue weighted by Crippen LogP contribution is -2.48. The molecule has 1 aliphatic rings. The standard InChI is InChI=1S/C25H26N4O3S2/c1-18-5-10-23(22-4-3-11-26-24(18)22)34(30,31)29-14-12-28(13-15-29)16-20-17-33-25(27-20)19-6-8-21(32-2)9-7-19/h3-11,17H,12-16H2,1-2H3. The van der Waals surface area contributed by atoms with Gasteiger partial charge in [0.05, 0.1) is 23.2 Å². The summed E-state index contributed by atoms with van der Waals surface area (Å²) in [6.07, 6.45) is 1.70. The summed E-state index contributed by atoms with van der Waals surface area (Å²) in [5.74, 6) is 0.822. The molecule has 0 bridgehead atoms. The molecule has 7 nitrogen and oxygen atoms in total. The Labute approximate surface area is 203 Å². The number of ether oxygens (including phenoxy) is 1. The third-order valence-corrected chi connectivity index (χ3v) is 9.05. The fourth-order valence-electron chi connectivity index (χ4n) is 4.25. The quantitative estimate of drug-likeness (QED) is 0.400. The molecule has 4 aromatic rings. The van der Waals surface area contributed by atoms with Crippen molar-refractivity contribution in [2.75, 3.05) is 33.3 Å². The summed E-state index contributed by atoms with van der Waals surface area (Å²) < 4.78 is 33.7. The maximum atomic E-state index is 13.4. The molecule has 0 atom stereocenters. The van der Waals surface area contributed by atoms with E-state index in [9.17, 15) is 8.42 Å². The molecular formula is C25H26N4O3S2. The van der Waals surface area contributed by atoms with Crippen LogP contribution in [-0.2, 0) is 16.6 Å². The lowest BCUT2D eigenvalue weighted by molar-refractivity contribution is 0.180. The van der Waals surface area contributed by atoms with Crippen LogP contribution in [0.5, 0.6) is 5.75 Å². The second-order valence-electron chi connectivity index (χ2n) is 8.33. The van der Waals surface area contributed by atoms with Crippen LogP contribution in [0, 0.1) is 6.92 Å². The summed E-state index contributed by atoms with van der Waals surface area (Å²) in [6.45, 7) is 4.88. The van der Waals surface area contributed by atoms with E-state index in [1.807, 2.05) is 43.3 Å². The van der Waals surface area contributed by atoms with E-state index in [0.717, 1.165) is 33.1 Å². The summed E-state index contributed by atoms with van der Waals surface area (Å²) in [5.41, 5.74) is 3.77. The molecule has 0 radical (unpaired) electrons. The average Bonchev–Trinajstić information content (AvgIpc) is 3.33. The molecule has 9 heteroatoms. The van der Waals surface area contributed by atoms with E-state index in [4.69, 9.17) is 9.72 Å². The molecule has 0 amide bonds. The van der Waals surface area contributed by atoms with Crippen molar-refractivity contribution in [3.63, 3.8) is 0 Å². The molecule has 0 aliphatic carbocycles. The molecular weight excluding hydrogens is 468 g/mol. The van der Waals surface area contributed by atoms with Crippen molar-refractivity contribution in [3.8, 4) is 16.3 Å². The molecule has 176 valence electrons. The summed E-state index contributed by atoms with van der Waals surface area (Å²) in [5, 5.41) is 3.73. The van der Waals surface area contributed by atoms with Gasteiger partial charge in [-0.15, -0.1) is 11.3 Å². The zero-order valence-corrected chi connectivity index (χ0v) is 20.8. The molecule has 1 fully saturated rings. The van der Waals surface area contributed by atoms with Gasteiger partial charge >= 0.3 is 0 Å². The van der Waals surface area contributed by atoms with Crippen LogP contribution in [0.2, 0.25) is 0 Å². The minimum atomic E-state index is -3.60. The number of fused-ring (bicyclic) bond motifs is 1. The fraction of sp³-hybridized carbons (Fsp3) is 0.280. The number of sulfonamides is 1. The first-order valence-corrected chi connectivity index (χ1v) is 13.4. The molecule has 0 unspecified atom stereocenters. The Bertz CT molecular complexity index is 1410. The first-order chi connectivity index (χ1) is 16.5. The minimum Gasteiger partial charge on any atom is -0.497 e. The van der Waals surface area contributed by atoms with Crippen LogP contribution in [0.25, 0.3) is 21.5 Å². The third-order valence-electron chi connectivity index (χ3n) is 6.15. The highest BCUT2D eigenvalue weighted by atomic mass is 32.2. The molecule has 1 aliphatic heterocycles. The number of benzene rings is 2. The molecule has 0 spiro atoms. The molecule has 5 rings (SSSR count). The van der Waals surface area contributed by atoms with E-state index in [1.54, 1.807) is 41.1 Å². The van der Waals surface area contributed by atoms with E-state index in [1.165, 1.54) is 0 Å². The van der Waals surface area contributed by atoms with Gasteiger partial charge in [-0.1, -0.05) is 6.07 Å². The van der Waals surface area contributed by atoms with Crippen LogP contribution in [0.3, 0.4) is 0 Å². The maximum Gasteiger partial charge on any atom is 0.243 e. The van der Waals surface area contributed by atoms with Crippen LogP contribution in [0.4, 0.5) is 0 Å². The number of thiazole rings is 1. The van der Waals surface area contributed by atoms with Gasteiger partial charge in [0.2, 0.25) is 10.0 Å². The van der Waals surface area contributed by atoms with Gasteiger partial charge in [-0.25, -0.2) is 13.4 Å². The highest BCUT2D eigenvalue weighted by molar-refractivity contribution is 7.89. The van der Waals surface area contributed by atoms with E-state index < -0.39 is 10.0 Å². The topological polar surface area (TPSA) is 75.6 Å². The predicted octanol–water partition coefficient (Wildman–Crippen LogP) is 4.18. The Morgan fingerprint density at radius 2 is 1.79 bits per heavy atom. The van der Waals surface area contributed by atoms with Gasteiger partial charge in [-0.05, 0) is 55.0 Å². The number of pyridine rings is 1. The summed E-state index contributed by atoms with van der Waals surface area (Å²) in [4.78, 5) is 11.8. The van der Waals surface area contributed by atoms with Crippen molar-refractivity contribution in [1.82, 2.24) is 19.2 Å². The van der Waals surface area contributed by atoms with Crippen molar-refractivity contribution < 1.29 is 13.2 Å². The number of aryl methyl sites for hydroxylation is 1. The second-order valence-corrected chi connectivity index (χ2v) is 11.1. The largest absolute Gasteiger partial charge is 0.497 e. The lowest BCUT2D eigenvalue weighted by Gasteiger charge is -2.33. The van der Waals surface area contributed by atoms with Crippen molar-refractivity contribution in [2.24, 2.45) is 0 Å². The highest BCUT2D eigenvalue weighted by Crippen LogP contribution is 2.29. The van der Waals surface area contributed by atoms with Crippen LogP contribution in [0.1, 0.15) is 11.3 Å². The molecule has 2 aromatic carbocycles. The minimum absolute atomic E-state index is 0.332. The Morgan fingerprint density at radius 1 is 1.03 bits per heavy atom. The molecule has 2 aromatic heterocycles. The fourth-order valence-corrected chi connectivity index (χ4v) is 6.68. The normalized spacial score (nSPS) is 15.6. The van der Waals surface area contributed by atoms with E-state index in [0.29, 0.717) is 43.0 Å². The van der Waals surface area contributed by atoms with Crippen molar-refractivity contribution in [1.29, 1.82) is 0 Å². The summed E-state index contributed by atoms with van der Waals surface area (Å²) >= 11 is 1.62. The molecule has 1 saturated heterocycles. The van der Waals surface area contributed by atoms with Crippen LogP contribution < -0.4 is 4.74 Å². The van der Waals surface area contributed by atoms with Crippen molar-refractivity contribution in [2.45, 2.75) is 18.4 Å². The number of hydrogen-bond donors (Lipinski definition) is 0. The number of nitrogens with zero attached hydrogens (tertiary/aromatic N) is 4. The Kier molecular flexibility index (Phi) is 6.35. The lowest BCUT2D eigenvalue weighted by atomic mass is 10.1. The smallest absolute Gasteiger partial charge is 0.243 e. The Hall–Kier alpha value is -2.85. The first kappa shape index (κ1) is 22.9. The van der Waals surface area contributed by atoms with Gasteiger partial charge in [0.15, 0.2) is 0 Å². The van der Waals surface area contributed by atoms with Gasteiger partial charge < -0.3 is 4.74 Å². The van der Waals surface area contributed by atoms with E-state index >= 15 is 0 Å². The number of piperazine rings is 1. The third kappa shape index (κ3) is 4.44. The SMILES string of the molecule is COc1ccc(-c2nc(CN3CCN(S(=O)(=O)c4ccc(C)c5ncccc45)CC3)cs2)cc1. The Morgan fingerprint density at radius 3 is 2.53 bits per heavy atom. The molecule has 0 N–H and O–H groups in total. The maximum absolute atomic E-state index is 13.4. The first-order valence-electron chi connectivity index (χ1n) is 11.1. The molecule has 3 heterocycles. The van der Waals surface area contributed by atoms with Gasteiger partial charge in [-0.2, -0.15) is 4.31 Å². The van der Waals surface area contributed by atoms with E-state index in [2.05, 4.69) is 15.3 Å². The zero-order valence-electron chi connectivity index (χ0n) is 19.1. The Balaban J connectivity index is 1.26. The monoisotopic (exact) mass is 494 g/mol. The van der Waals surface area contributed by atoms with Crippen molar-refractivity contribution in [3.05, 3.63) is 71.4 Å². The van der Waals surface area contributed by atoms with Gasteiger partial charge in [0, 0.05) is 55.3 Å². The zero-order chi connectivity index (χ0) is 23.7. The average molecular weight is 495 g/mol. The van der Waals surface area contributed by atoms with Gasteiger partial charge in [0.1, 0.15) is 10.8 Å². The second kappa shape index (κ2) is 9.42. The number of hydrogen-bond acceptors (Lipinski definition) is 7.